The van der Waals surface area contributed by atoms with Crippen LogP contribution >= 0.6 is 0 Å². The lowest BCUT2D eigenvalue weighted by Gasteiger charge is -2.25. The highest BCUT2D eigenvalue weighted by atomic mass is 16.6. The first-order valence-corrected chi connectivity index (χ1v) is 7.14. The van der Waals surface area contributed by atoms with Crippen molar-refractivity contribution in [2.24, 2.45) is 0 Å². The Hall–Kier alpha value is -2.56. The molecular weight excluding hydrogens is 264 g/mol. The highest BCUT2D eigenvalue weighted by Crippen LogP contribution is 2.33. The fraction of sp³-hybridized carbons (Fsp3) is 0.250. The van der Waals surface area contributed by atoms with Gasteiger partial charge >= 0.3 is 0 Å². The van der Waals surface area contributed by atoms with Gasteiger partial charge in [0.25, 0.3) is 0 Å². The molecule has 0 bridgehead atoms. The summed E-state index contributed by atoms with van der Waals surface area (Å²) in [7, 11) is 0. The van der Waals surface area contributed by atoms with Gasteiger partial charge in [0.15, 0.2) is 11.0 Å². The summed E-state index contributed by atoms with van der Waals surface area (Å²) in [6, 6.07) is 14.1. The van der Waals surface area contributed by atoms with Crippen molar-refractivity contribution in [3.63, 3.8) is 0 Å². The summed E-state index contributed by atoms with van der Waals surface area (Å²) in [5, 5.41) is 7.92. The lowest BCUT2D eigenvalue weighted by Crippen LogP contribution is -2.18. The zero-order chi connectivity index (χ0) is 14.7. The van der Waals surface area contributed by atoms with Gasteiger partial charge in [0.2, 0.25) is 0 Å². The number of unbranched alkanes of at least 4 members (excludes halogenated alkanes) is 1. The number of nitrogen functional groups attached to an aromatic ring is 1. The number of nitrogens with zero attached hydrogens (tertiary/aromatic N) is 3. The van der Waals surface area contributed by atoms with E-state index in [0.717, 1.165) is 30.8 Å². The van der Waals surface area contributed by atoms with Crippen molar-refractivity contribution in [3.05, 3.63) is 42.5 Å². The lowest BCUT2D eigenvalue weighted by atomic mass is 10.1. The van der Waals surface area contributed by atoms with Crippen LogP contribution in [-0.2, 0) is 0 Å². The van der Waals surface area contributed by atoms with Crippen molar-refractivity contribution in [1.29, 1.82) is 0 Å². The molecule has 0 amide bonds. The number of anilines is 3. The summed E-state index contributed by atoms with van der Waals surface area (Å²) >= 11 is 0. The minimum absolute atomic E-state index is 0.582. The van der Waals surface area contributed by atoms with E-state index in [1.807, 2.05) is 30.3 Å². The van der Waals surface area contributed by atoms with E-state index in [1.54, 1.807) is 0 Å². The molecule has 5 nitrogen and oxygen atoms in total. The van der Waals surface area contributed by atoms with E-state index >= 15 is 0 Å². The average Bonchev–Trinajstić information content (AvgIpc) is 3.01. The minimum Gasteiger partial charge on any atom is -0.397 e. The van der Waals surface area contributed by atoms with E-state index < -0.39 is 0 Å². The molecule has 0 spiro atoms. The van der Waals surface area contributed by atoms with Crippen LogP contribution in [0.25, 0.3) is 11.0 Å². The monoisotopic (exact) mass is 282 g/mol. The maximum absolute atomic E-state index is 5.93. The Balaban J connectivity index is 2.10. The molecule has 5 heteroatoms. The predicted molar refractivity (Wildman–Crippen MR) is 84.6 cm³/mol. The molecule has 3 rings (SSSR count). The molecule has 0 aliphatic carbocycles. The van der Waals surface area contributed by atoms with Crippen LogP contribution in [0.15, 0.2) is 47.1 Å². The average molecular weight is 282 g/mol. The van der Waals surface area contributed by atoms with Crippen molar-refractivity contribution in [2.75, 3.05) is 17.2 Å². The van der Waals surface area contributed by atoms with Crippen molar-refractivity contribution in [1.82, 2.24) is 10.3 Å². The predicted octanol–water partition coefficient (Wildman–Crippen LogP) is 3.74. The highest BCUT2D eigenvalue weighted by Gasteiger charge is 2.16. The van der Waals surface area contributed by atoms with Crippen LogP contribution in [0.5, 0.6) is 0 Å². The number of hydrogen-bond acceptors (Lipinski definition) is 5. The van der Waals surface area contributed by atoms with Gasteiger partial charge in [-0.2, -0.15) is 0 Å². The van der Waals surface area contributed by atoms with Crippen molar-refractivity contribution in [2.45, 2.75) is 19.8 Å². The van der Waals surface area contributed by atoms with Crippen molar-refractivity contribution < 1.29 is 4.63 Å². The second kappa shape index (κ2) is 5.83. The third-order valence-corrected chi connectivity index (χ3v) is 3.52. The molecule has 1 aromatic heterocycles. The molecule has 2 aromatic carbocycles. The van der Waals surface area contributed by atoms with Gasteiger partial charge in [-0.25, -0.2) is 4.63 Å². The topological polar surface area (TPSA) is 68.2 Å². The first-order chi connectivity index (χ1) is 10.3. The van der Waals surface area contributed by atoms with Gasteiger partial charge in [-0.15, -0.1) is 0 Å². The lowest BCUT2D eigenvalue weighted by molar-refractivity contribution is 0.315. The second-order valence-electron chi connectivity index (χ2n) is 4.98. The van der Waals surface area contributed by atoms with E-state index in [9.17, 15) is 0 Å². The number of rotatable bonds is 5. The molecule has 0 aliphatic rings. The molecule has 2 N–H and O–H groups in total. The number of aromatic nitrogens is 2. The fourth-order valence-electron chi connectivity index (χ4n) is 2.40. The summed E-state index contributed by atoms with van der Waals surface area (Å²) in [6.07, 6.45) is 2.21. The number of nitrogens with two attached hydrogens (primary N) is 1. The Labute approximate surface area is 123 Å². The molecule has 0 atom stereocenters. The summed E-state index contributed by atoms with van der Waals surface area (Å²) in [6.45, 7) is 3.09. The van der Waals surface area contributed by atoms with Gasteiger partial charge in [0.1, 0.15) is 0 Å². The van der Waals surface area contributed by atoms with Crippen LogP contribution in [0, 0.1) is 0 Å². The van der Waals surface area contributed by atoms with Crippen LogP contribution in [0.4, 0.5) is 17.1 Å². The third kappa shape index (κ3) is 2.54. The van der Waals surface area contributed by atoms with E-state index in [2.05, 4.69) is 34.3 Å². The molecule has 0 unspecified atom stereocenters. The third-order valence-electron chi connectivity index (χ3n) is 3.52. The number of hydrogen-bond donors (Lipinski definition) is 1. The van der Waals surface area contributed by atoms with Gasteiger partial charge < -0.3 is 10.6 Å². The summed E-state index contributed by atoms with van der Waals surface area (Å²) in [5.74, 6) is 0. The Morgan fingerprint density at radius 3 is 2.57 bits per heavy atom. The summed E-state index contributed by atoms with van der Waals surface area (Å²) < 4.78 is 4.87. The maximum Gasteiger partial charge on any atom is 0.160 e. The first-order valence-electron chi connectivity index (χ1n) is 7.14. The van der Waals surface area contributed by atoms with E-state index in [-0.39, 0.29) is 0 Å². The first kappa shape index (κ1) is 13.4. The van der Waals surface area contributed by atoms with E-state index in [0.29, 0.717) is 16.7 Å². The quantitative estimate of drug-likeness (QED) is 0.722. The van der Waals surface area contributed by atoms with Crippen molar-refractivity contribution in [3.8, 4) is 0 Å². The Morgan fingerprint density at radius 1 is 1.05 bits per heavy atom. The molecule has 0 fully saturated rings. The Morgan fingerprint density at radius 2 is 1.81 bits per heavy atom. The van der Waals surface area contributed by atoms with Crippen LogP contribution < -0.4 is 10.6 Å². The van der Waals surface area contributed by atoms with E-state index in [4.69, 9.17) is 10.4 Å². The van der Waals surface area contributed by atoms with E-state index in [1.165, 1.54) is 0 Å². The van der Waals surface area contributed by atoms with Gasteiger partial charge in [0, 0.05) is 12.2 Å². The SMILES string of the molecule is CCCCN(c1ccccc1)c1ccc(N)c2nonc12. The number of benzene rings is 2. The molecule has 108 valence electrons. The Kier molecular flexibility index (Phi) is 3.73. The minimum atomic E-state index is 0.582. The van der Waals surface area contributed by atoms with Crippen molar-refractivity contribution >= 4 is 28.1 Å². The number of fused-ring (bicyclic) bond motifs is 1. The molecule has 0 saturated heterocycles. The smallest absolute Gasteiger partial charge is 0.160 e. The summed E-state index contributed by atoms with van der Waals surface area (Å²) in [5.41, 5.74) is 9.93. The van der Waals surface area contributed by atoms with Crippen LogP contribution in [0.2, 0.25) is 0 Å². The summed E-state index contributed by atoms with van der Waals surface area (Å²) in [4.78, 5) is 2.23. The van der Waals surface area contributed by atoms with Crippen LogP contribution in [0.1, 0.15) is 19.8 Å². The zero-order valence-corrected chi connectivity index (χ0v) is 12.0. The second-order valence-corrected chi connectivity index (χ2v) is 4.98. The maximum atomic E-state index is 5.93. The molecule has 3 aromatic rings. The van der Waals surface area contributed by atoms with Crippen LogP contribution in [-0.4, -0.2) is 16.9 Å². The van der Waals surface area contributed by atoms with Gasteiger partial charge in [0.05, 0.1) is 11.4 Å². The molecule has 0 saturated carbocycles. The van der Waals surface area contributed by atoms with Gasteiger partial charge in [-0.1, -0.05) is 31.5 Å². The number of para-hydroxylation sites is 1. The molecular formula is C16H18N4O. The highest BCUT2D eigenvalue weighted by molar-refractivity contribution is 5.96. The van der Waals surface area contributed by atoms with Gasteiger partial charge in [-0.05, 0) is 41.0 Å². The normalized spacial score (nSPS) is 10.9. The van der Waals surface area contributed by atoms with Gasteiger partial charge in [-0.3, -0.25) is 0 Å². The fourth-order valence-corrected chi connectivity index (χ4v) is 2.40. The molecule has 0 radical (unpaired) electrons. The van der Waals surface area contributed by atoms with Crippen LogP contribution in [0.3, 0.4) is 0 Å². The Bertz CT molecular complexity index is 723. The zero-order valence-electron chi connectivity index (χ0n) is 12.0. The molecule has 1 heterocycles. The molecule has 0 aliphatic heterocycles. The molecule has 21 heavy (non-hydrogen) atoms. The standard InChI is InChI=1S/C16H18N4O/c1-2-3-11-20(12-7-5-4-6-8-12)14-10-9-13(17)15-16(14)19-21-18-15/h4-10H,2-3,11,17H2,1H3. The largest absolute Gasteiger partial charge is 0.397 e.